The van der Waals surface area contributed by atoms with Crippen LogP contribution in [-0.4, -0.2) is 12.9 Å². The molecule has 0 aliphatic rings. The van der Waals surface area contributed by atoms with Gasteiger partial charge in [-0.15, -0.1) is 0 Å². The number of rotatable bonds is 3. The Morgan fingerprint density at radius 3 is 2.76 bits per heavy atom. The zero-order chi connectivity index (χ0) is 15.0. The van der Waals surface area contributed by atoms with Crippen molar-refractivity contribution in [3.8, 4) is 5.75 Å². The highest BCUT2D eigenvalue weighted by molar-refractivity contribution is 6.10. The lowest BCUT2D eigenvalue weighted by molar-refractivity contribution is 0.101. The van der Waals surface area contributed by atoms with E-state index in [1.807, 2.05) is 13.0 Å². The molecule has 0 spiro atoms. The number of aryl methyl sites for hydroxylation is 1. The van der Waals surface area contributed by atoms with Crippen LogP contribution in [0.25, 0.3) is 11.0 Å². The van der Waals surface area contributed by atoms with Crippen molar-refractivity contribution in [2.75, 3.05) is 12.8 Å². The molecule has 4 nitrogen and oxygen atoms in total. The van der Waals surface area contributed by atoms with Gasteiger partial charge in [-0.1, -0.05) is 12.1 Å². The van der Waals surface area contributed by atoms with Crippen molar-refractivity contribution in [1.82, 2.24) is 0 Å². The Hall–Kier alpha value is -2.75. The monoisotopic (exact) mass is 281 g/mol. The van der Waals surface area contributed by atoms with Gasteiger partial charge in [-0.3, -0.25) is 4.79 Å². The molecule has 0 aliphatic heterocycles. The summed E-state index contributed by atoms with van der Waals surface area (Å²) in [6.07, 6.45) is 0. The smallest absolute Gasteiger partial charge is 0.228 e. The first-order chi connectivity index (χ1) is 10.1. The summed E-state index contributed by atoms with van der Waals surface area (Å²) < 4.78 is 10.8. The fourth-order valence-corrected chi connectivity index (χ4v) is 2.35. The molecule has 0 saturated carbocycles. The van der Waals surface area contributed by atoms with E-state index in [-0.39, 0.29) is 5.78 Å². The first-order valence-corrected chi connectivity index (χ1v) is 6.57. The van der Waals surface area contributed by atoms with Gasteiger partial charge < -0.3 is 14.9 Å². The normalized spacial score (nSPS) is 10.8. The maximum absolute atomic E-state index is 12.6. The topological polar surface area (TPSA) is 65.5 Å². The summed E-state index contributed by atoms with van der Waals surface area (Å²) in [5.74, 6) is 0.809. The van der Waals surface area contributed by atoms with E-state index >= 15 is 0 Å². The summed E-state index contributed by atoms with van der Waals surface area (Å²) in [6.45, 7) is 1.86. The SMILES string of the molecule is COc1cccc(C(=O)c2oc3ccc(N)cc3c2C)c1. The van der Waals surface area contributed by atoms with Gasteiger partial charge in [-0.25, -0.2) is 0 Å². The summed E-state index contributed by atoms with van der Waals surface area (Å²) in [5, 5.41) is 0.862. The van der Waals surface area contributed by atoms with Gasteiger partial charge in [0.2, 0.25) is 5.78 Å². The molecule has 0 amide bonds. The summed E-state index contributed by atoms with van der Waals surface area (Å²) in [7, 11) is 1.57. The molecule has 4 heteroatoms. The summed E-state index contributed by atoms with van der Waals surface area (Å²) in [6, 6.07) is 12.4. The maximum atomic E-state index is 12.6. The van der Waals surface area contributed by atoms with Crippen molar-refractivity contribution in [2.45, 2.75) is 6.92 Å². The summed E-state index contributed by atoms with van der Waals surface area (Å²) in [4.78, 5) is 12.6. The molecule has 0 unspecified atom stereocenters. The first-order valence-electron chi connectivity index (χ1n) is 6.57. The van der Waals surface area contributed by atoms with Gasteiger partial charge in [0.1, 0.15) is 11.3 Å². The summed E-state index contributed by atoms with van der Waals surface area (Å²) >= 11 is 0. The second-order valence-electron chi connectivity index (χ2n) is 4.87. The van der Waals surface area contributed by atoms with Crippen LogP contribution in [0.1, 0.15) is 21.7 Å². The van der Waals surface area contributed by atoms with Crippen molar-refractivity contribution >= 4 is 22.4 Å². The van der Waals surface area contributed by atoms with Crippen molar-refractivity contribution in [1.29, 1.82) is 0 Å². The Kier molecular flexibility index (Phi) is 3.14. The Morgan fingerprint density at radius 2 is 2.00 bits per heavy atom. The average Bonchev–Trinajstić information content (AvgIpc) is 2.83. The number of carbonyl (C=O) groups is 1. The van der Waals surface area contributed by atoms with Crippen LogP contribution in [0, 0.1) is 6.92 Å². The number of hydrogen-bond donors (Lipinski definition) is 1. The Labute approximate surface area is 122 Å². The van der Waals surface area contributed by atoms with Crippen LogP contribution in [0.2, 0.25) is 0 Å². The van der Waals surface area contributed by atoms with Crippen LogP contribution >= 0.6 is 0 Å². The molecule has 1 heterocycles. The van der Waals surface area contributed by atoms with E-state index in [9.17, 15) is 4.79 Å². The van der Waals surface area contributed by atoms with Gasteiger partial charge in [-0.05, 0) is 37.3 Å². The minimum atomic E-state index is -0.166. The Balaban J connectivity index is 2.11. The van der Waals surface area contributed by atoms with E-state index in [0.29, 0.717) is 28.3 Å². The number of carbonyl (C=O) groups excluding carboxylic acids is 1. The number of hydrogen-bond acceptors (Lipinski definition) is 4. The van der Waals surface area contributed by atoms with Crippen LogP contribution in [0.5, 0.6) is 5.75 Å². The Bertz CT molecular complexity index is 833. The van der Waals surface area contributed by atoms with E-state index in [2.05, 4.69) is 0 Å². The highest BCUT2D eigenvalue weighted by atomic mass is 16.5. The van der Waals surface area contributed by atoms with Crippen LogP contribution in [0.15, 0.2) is 46.9 Å². The molecule has 2 N–H and O–H groups in total. The van der Waals surface area contributed by atoms with E-state index in [0.717, 1.165) is 10.9 Å². The molecule has 0 atom stereocenters. The number of nitrogen functional groups attached to an aromatic ring is 1. The number of ketones is 1. The van der Waals surface area contributed by atoms with Crippen molar-refractivity contribution in [3.05, 3.63) is 59.4 Å². The van der Waals surface area contributed by atoms with E-state index in [1.165, 1.54) is 0 Å². The van der Waals surface area contributed by atoms with Crippen LogP contribution in [0.4, 0.5) is 5.69 Å². The number of ether oxygens (including phenoxy) is 1. The number of fused-ring (bicyclic) bond motifs is 1. The van der Waals surface area contributed by atoms with Gasteiger partial charge in [0.25, 0.3) is 0 Å². The highest BCUT2D eigenvalue weighted by Gasteiger charge is 2.19. The maximum Gasteiger partial charge on any atom is 0.228 e. The molecular formula is C17H15NO3. The van der Waals surface area contributed by atoms with E-state index in [1.54, 1.807) is 43.5 Å². The third-order valence-electron chi connectivity index (χ3n) is 3.50. The fraction of sp³-hybridized carbons (Fsp3) is 0.118. The van der Waals surface area contributed by atoms with Crippen molar-refractivity contribution in [2.24, 2.45) is 0 Å². The third-order valence-corrected chi connectivity index (χ3v) is 3.50. The molecule has 0 bridgehead atoms. The molecule has 2 aromatic carbocycles. The molecular weight excluding hydrogens is 266 g/mol. The quantitative estimate of drug-likeness (QED) is 0.589. The van der Waals surface area contributed by atoms with Gasteiger partial charge in [-0.2, -0.15) is 0 Å². The lowest BCUT2D eigenvalue weighted by Crippen LogP contribution is -2.01. The van der Waals surface area contributed by atoms with Crippen LogP contribution < -0.4 is 10.5 Å². The summed E-state index contributed by atoms with van der Waals surface area (Å²) in [5.41, 5.74) is 8.42. The van der Waals surface area contributed by atoms with Gasteiger partial charge in [0, 0.05) is 22.2 Å². The third kappa shape index (κ3) is 2.25. The lowest BCUT2D eigenvalue weighted by atomic mass is 10.0. The average molecular weight is 281 g/mol. The fourth-order valence-electron chi connectivity index (χ4n) is 2.35. The molecule has 3 aromatic rings. The number of nitrogens with two attached hydrogens (primary N) is 1. The van der Waals surface area contributed by atoms with E-state index in [4.69, 9.17) is 14.9 Å². The predicted molar refractivity (Wildman–Crippen MR) is 81.8 cm³/mol. The molecule has 0 saturated heterocycles. The minimum absolute atomic E-state index is 0.166. The zero-order valence-electron chi connectivity index (χ0n) is 11.8. The molecule has 1 aromatic heterocycles. The second kappa shape index (κ2) is 4.98. The number of furan rings is 1. The van der Waals surface area contributed by atoms with Crippen molar-refractivity contribution in [3.63, 3.8) is 0 Å². The lowest BCUT2D eigenvalue weighted by Gasteiger charge is -2.02. The Morgan fingerprint density at radius 1 is 1.19 bits per heavy atom. The number of benzene rings is 2. The standard InChI is InChI=1S/C17H15NO3/c1-10-14-9-12(18)6-7-15(14)21-17(10)16(19)11-4-3-5-13(8-11)20-2/h3-9H,18H2,1-2H3. The molecule has 0 radical (unpaired) electrons. The van der Waals surface area contributed by atoms with E-state index < -0.39 is 0 Å². The zero-order valence-corrected chi connectivity index (χ0v) is 11.8. The number of anilines is 1. The van der Waals surface area contributed by atoms with Gasteiger partial charge >= 0.3 is 0 Å². The number of methoxy groups -OCH3 is 1. The van der Waals surface area contributed by atoms with Crippen LogP contribution in [0.3, 0.4) is 0 Å². The molecule has 0 aliphatic carbocycles. The molecule has 21 heavy (non-hydrogen) atoms. The highest BCUT2D eigenvalue weighted by Crippen LogP contribution is 2.29. The van der Waals surface area contributed by atoms with Gasteiger partial charge in [0.15, 0.2) is 5.76 Å². The largest absolute Gasteiger partial charge is 0.497 e. The molecule has 3 rings (SSSR count). The second-order valence-corrected chi connectivity index (χ2v) is 4.87. The van der Waals surface area contributed by atoms with Crippen LogP contribution in [-0.2, 0) is 0 Å². The van der Waals surface area contributed by atoms with Gasteiger partial charge in [0.05, 0.1) is 7.11 Å². The minimum Gasteiger partial charge on any atom is -0.497 e. The predicted octanol–water partition coefficient (Wildman–Crippen LogP) is 3.56. The first kappa shape index (κ1) is 13.2. The molecule has 0 fully saturated rings. The molecule has 106 valence electrons. The van der Waals surface area contributed by atoms with Crippen molar-refractivity contribution < 1.29 is 13.9 Å².